The summed E-state index contributed by atoms with van der Waals surface area (Å²) < 4.78 is 39.4. The zero-order valence-electron chi connectivity index (χ0n) is 13.5. The summed E-state index contributed by atoms with van der Waals surface area (Å²) in [5.74, 6) is -0.757. The summed E-state index contributed by atoms with van der Waals surface area (Å²) >= 11 is 0. The number of hydrogen-bond acceptors (Lipinski definition) is 3. The van der Waals surface area contributed by atoms with Gasteiger partial charge in [-0.3, -0.25) is 4.79 Å². The highest BCUT2D eigenvalue weighted by atomic mass is 32.2. The fourth-order valence-corrected chi connectivity index (χ4v) is 2.83. The molecular weight excluding hydrogens is 343 g/mol. The lowest BCUT2D eigenvalue weighted by Crippen LogP contribution is -2.29. The number of nitrogens with one attached hydrogen (secondary N) is 2. The molecule has 0 spiro atoms. The summed E-state index contributed by atoms with van der Waals surface area (Å²) in [6, 6.07) is 15.1. The van der Waals surface area contributed by atoms with Crippen molar-refractivity contribution in [3.63, 3.8) is 0 Å². The lowest BCUT2D eigenvalue weighted by atomic mass is 10.2. The zero-order chi connectivity index (χ0) is 18.1. The Morgan fingerprint density at radius 3 is 2.44 bits per heavy atom. The number of carbonyl (C=O) groups is 1. The highest BCUT2D eigenvalue weighted by molar-refractivity contribution is 7.92. The van der Waals surface area contributed by atoms with Crippen LogP contribution in [0.25, 0.3) is 6.08 Å². The van der Waals surface area contributed by atoms with Crippen LogP contribution in [0.2, 0.25) is 0 Å². The number of amides is 1. The van der Waals surface area contributed by atoms with Crippen LogP contribution in [0.15, 0.2) is 60.0 Å². The smallest absolute Gasteiger partial charge is 0.233 e. The van der Waals surface area contributed by atoms with Gasteiger partial charge in [-0.05, 0) is 17.7 Å². The molecule has 25 heavy (non-hydrogen) atoms. The molecule has 2 aromatic carbocycles. The van der Waals surface area contributed by atoms with E-state index in [1.807, 2.05) is 6.07 Å². The maximum atomic E-state index is 13.4. The average Bonchev–Trinajstić information content (AvgIpc) is 2.60. The van der Waals surface area contributed by atoms with Gasteiger partial charge in [0.2, 0.25) is 15.9 Å². The van der Waals surface area contributed by atoms with Crippen molar-refractivity contribution in [3.8, 4) is 0 Å². The molecule has 0 atom stereocenters. The van der Waals surface area contributed by atoms with E-state index in [2.05, 4.69) is 10.0 Å². The second kappa shape index (κ2) is 9.10. The predicted octanol–water partition coefficient (Wildman–Crippen LogP) is 2.42. The van der Waals surface area contributed by atoms with Crippen LogP contribution in [0.1, 0.15) is 17.5 Å². The van der Waals surface area contributed by atoms with Gasteiger partial charge in [0.05, 0.1) is 0 Å². The second-order valence-electron chi connectivity index (χ2n) is 5.27. The average molecular weight is 362 g/mol. The van der Waals surface area contributed by atoms with E-state index in [1.54, 1.807) is 42.5 Å². The van der Waals surface area contributed by atoms with Crippen LogP contribution in [-0.2, 0) is 21.4 Å². The Morgan fingerprint density at radius 1 is 1.04 bits per heavy atom. The van der Waals surface area contributed by atoms with Crippen molar-refractivity contribution in [1.82, 2.24) is 10.0 Å². The van der Waals surface area contributed by atoms with Gasteiger partial charge in [-0.25, -0.2) is 17.5 Å². The Labute approximate surface area is 146 Å². The normalized spacial score (nSPS) is 11.6. The number of carbonyl (C=O) groups excluding carboxylic acids is 1. The number of benzene rings is 2. The van der Waals surface area contributed by atoms with Crippen LogP contribution < -0.4 is 10.0 Å². The van der Waals surface area contributed by atoms with Crippen molar-refractivity contribution in [2.24, 2.45) is 0 Å². The van der Waals surface area contributed by atoms with Crippen molar-refractivity contribution in [3.05, 3.63) is 76.9 Å². The number of sulfonamides is 1. The third kappa shape index (κ3) is 6.86. The fourth-order valence-electron chi connectivity index (χ4n) is 2.01. The Morgan fingerprint density at radius 2 is 1.72 bits per heavy atom. The van der Waals surface area contributed by atoms with Crippen molar-refractivity contribution in [2.75, 3.05) is 6.54 Å². The quantitative estimate of drug-likeness (QED) is 0.757. The van der Waals surface area contributed by atoms with Crippen LogP contribution in [0.4, 0.5) is 4.39 Å². The Kier molecular flexibility index (Phi) is 6.85. The molecule has 0 saturated carbocycles. The summed E-state index contributed by atoms with van der Waals surface area (Å²) in [5.41, 5.74) is 1.14. The topological polar surface area (TPSA) is 75.3 Å². The monoisotopic (exact) mass is 362 g/mol. The van der Waals surface area contributed by atoms with E-state index in [0.717, 1.165) is 11.0 Å². The maximum Gasteiger partial charge on any atom is 0.233 e. The molecule has 2 aromatic rings. The molecule has 5 nitrogen and oxygen atoms in total. The van der Waals surface area contributed by atoms with E-state index in [-0.39, 0.29) is 25.4 Å². The molecule has 2 rings (SSSR count). The summed E-state index contributed by atoms with van der Waals surface area (Å²) in [6.07, 6.45) is 1.44. The van der Waals surface area contributed by atoms with Crippen molar-refractivity contribution >= 4 is 22.0 Å². The number of rotatable bonds is 8. The van der Waals surface area contributed by atoms with Gasteiger partial charge >= 0.3 is 0 Å². The second-order valence-corrected chi connectivity index (χ2v) is 6.92. The predicted molar refractivity (Wildman–Crippen MR) is 95.3 cm³/mol. The van der Waals surface area contributed by atoms with Gasteiger partial charge in [0.1, 0.15) is 5.82 Å². The van der Waals surface area contributed by atoms with Gasteiger partial charge in [0.15, 0.2) is 0 Å². The van der Waals surface area contributed by atoms with Gasteiger partial charge in [-0.1, -0.05) is 48.5 Å². The van der Waals surface area contributed by atoms with Gasteiger partial charge in [0.25, 0.3) is 0 Å². The Bertz CT molecular complexity index is 836. The molecule has 2 N–H and O–H groups in total. The molecular formula is C18H19FN2O3S. The first kappa shape index (κ1) is 18.8. The Balaban J connectivity index is 1.74. The molecule has 0 aromatic heterocycles. The molecule has 1 amide bonds. The summed E-state index contributed by atoms with van der Waals surface area (Å²) in [5, 5.41) is 3.61. The molecule has 0 radical (unpaired) electrons. The minimum Gasteiger partial charge on any atom is -0.352 e. The molecule has 0 heterocycles. The van der Waals surface area contributed by atoms with E-state index in [4.69, 9.17) is 0 Å². The van der Waals surface area contributed by atoms with Crippen molar-refractivity contribution in [1.29, 1.82) is 0 Å². The molecule has 0 aliphatic rings. The van der Waals surface area contributed by atoms with Crippen LogP contribution in [0.5, 0.6) is 0 Å². The minimum atomic E-state index is -3.62. The molecule has 132 valence electrons. The summed E-state index contributed by atoms with van der Waals surface area (Å²) in [7, 11) is -3.62. The maximum absolute atomic E-state index is 13.4. The summed E-state index contributed by atoms with van der Waals surface area (Å²) in [6.45, 7) is 0.0245. The van der Waals surface area contributed by atoms with Crippen molar-refractivity contribution in [2.45, 2.75) is 13.0 Å². The fraction of sp³-hybridized carbons (Fsp3) is 0.167. The minimum absolute atomic E-state index is 0.0349. The van der Waals surface area contributed by atoms with E-state index >= 15 is 0 Å². The SMILES string of the molecule is O=C(CCNS(=O)(=O)/C=C/c1ccccc1)NCc1ccccc1F. The van der Waals surface area contributed by atoms with Crippen molar-refractivity contribution < 1.29 is 17.6 Å². The number of halogens is 1. The molecule has 0 aliphatic heterocycles. The van der Waals surface area contributed by atoms with Crippen LogP contribution in [0, 0.1) is 5.82 Å². The largest absolute Gasteiger partial charge is 0.352 e. The number of hydrogen-bond donors (Lipinski definition) is 2. The van der Waals surface area contributed by atoms with Crippen LogP contribution in [-0.4, -0.2) is 20.9 Å². The van der Waals surface area contributed by atoms with E-state index < -0.39 is 15.8 Å². The standard InChI is InChI=1S/C18H19FN2O3S/c19-17-9-5-4-8-16(17)14-20-18(22)10-12-21-25(23,24)13-11-15-6-2-1-3-7-15/h1-9,11,13,21H,10,12,14H2,(H,20,22)/b13-11+. The third-order valence-corrected chi connectivity index (χ3v) is 4.43. The first-order valence-electron chi connectivity index (χ1n) is 7.69. The molecule has 0 aliphatic carbocycles. The summed E-state index contributed by atoms with van der Waals surface area (Å²) in [4.78, 5) is 11.7. The lowest BCUT2D eigenvalue weighted by molar-refractivity contribution is -0.121. The molecule has 7 heteroatoms. The highest BCUT2D eigenvalue weighted by Gasteiger charge is 2.08. The first-order chi connectivity index (χ1) is 12.0. The van der Waals surface area contributed by atoms with Gasteiger partial charge < -0.3 is 5.32 Å². The van der Waals surface area contributed by atoms with Gasteiger partial charge in [0, 0.05) is 30.5 Å². The molecule has 0 fully saturated rings. The highest BCUT2D eigenvalue weighted by Crippen LogP contribution is 2.05. The molecule has 0 unspecified atom stereocenters. The van der Waals surface area contributed by atoms with E-state index in [1.165, 1.54) is 12.1 Å². The Hall–Kier alpha value is -2.51. The third-order valence-electron chi connectivity index (χ3n) is 3.33. The zero-order valence-corrected chi connectivity index (χ0v) is 14.3. The van der Waals surface area contributed by atoms with Gasteiger partial charge in [-0.15, -0.1) is 0 Å². The van der Waals surface area contributed by atoms with Crippen LogP contribution >= 0.6 is 0 Å². The van der Waals surface area contributed by atoms with E-state index in [0.29, 0.717) is 5.56 Å². The molecule has 0 saturated heterocycles. The van der Waals surface area contributed by atoms with E-state index in [9.17, 15) is 17.6 Å². The molecule has 0 bridgehead atoms. The van der Waals surface area contributed by atoms with Crippen LogP contribution in [0.3, 0.4) is 0 Å². The van der Waals surface area contributed by atoms with Gasteiger partial charge in [-0.2, -0.15) is 0 Å². The first-order valence-corrected chi connectivity index (χ1v) is 9.24. The lowest BCUT2D eigenvalue weighted by Gasteiger charge is -2.06.